The third-order valence-corrected chi connectivity index (χ3v) is 6.43. The van der Waals surface area contributed by atoms with Crippen molar-refractivity contribution in [1.29, 1.82) is 0 Å². The molecule has 3 rings (SSSR count). The highest BCUT2D eigenvalue weighted by Gasteiger charge is 2.31. The molecule has 1 atom stereocenters. The molecule has 0 aromatic heterocycles. The van der Waals surface area contributed by atoms with Crippen molar-refractivity contribution in [2.75, 3.05) is 6.61 Å². The van der Waals surface area contributed by atoms with Crippen molar-refractivity contribution in [3.63, 3.8) is 0 Å². The second-order valence-electron chi connectivity index (χ2n) is 8.91. The molecule has 5 nitrogen and oxygen atoms in total. The van der Waals surface area contributed by atoms with Crippen LogP contribution >= 0.6 is 0 Å². The van der Waals surface area contributed by atoms with Crippen molar-refractivity contribution >= 4 is 11.8 Å². The molecule has 1 aliphatic carbocycles. The lowest BCUT2D eigenvalue weighted by Crippen LogP contribution is -2.52. The number of hydrogen-bond acceptors (Lipinski definition) is 3. The predicted molar refractivity (Wildman–Crippen MR) is 128 cm³/mol. The summed E-state index contributed by atoms with van der Waals surface area (Å²) in [4.78, 5) is 28.2. The van der Waals surface area contributed by atoms with Crippen LogP contribution in [0, 0.1) is 20.8 Å². The first-order valence-corrected chi connectivity index (χ1v) is 11.7. The summed E-state index contributed by atoms with van der Waals surface area (Å²) >= 11 is 0. The van der Waals surface area contributed by atoms with Gasteiger partial charge in [-0.2, -0.15) is 0 Å². The van der Waals surface area contributed by atoms with E-state index in [0.29, 0.717) is 18.7 Å². The molecule has 0 spiro atoms. The number of nitrogens with one attached hydrogen (secondary N) is 1. The molecule has 2 aromatic carbocycles. The van der Waals surface area contributed by atoms with E-state index in [1.54, 1.807) is 4.90 Å². The van der Waals surface area contributed by atoms with Gasteiger partial charge in [0.2, 0.25) is 5.91 Å². The summed E-state index contributed by atoms with van der Waals surface area (Å²) in [5, 5.41) is 3.18. The minimum atomic E-state index is -0.522. The van der Waals surface area contributed by atoms with Crippen LogP contribution in [0.4, 0.5) is 0 Å². The number of rotatable bonds is 9. The summed E-state index contributed by atoms with van der Waals surface area (Å²) < 4.78 is 5.91. The summed E-state index contributed by atoms with van der Waals surface area (Å²) in [5.41, 5.74) is 4.28. The summed E-state index contributed by atoms with van der Waals surface area (Å²) in [6, 6.07) is 13.6. The van der Waals surface area contributed by atoms with Crippen LogP contribution in [-0.2, 0) is 16.1 Å². The molecule has 0 radical (unpaired) electrons. The maximum atomic E-state index is 13.4. The third kappa shape index (κ3) is 6.12. The lowest BCUT2D eigenvalue weighted by atomic mass is 10.1. The zero-order valence-corrected chi connectivity index (χ0v) is 19.8. The van der Waals surface area contributed by atoms with Gasteiger partial charge in [0.05, 0.1) is 0 Å². The highest BCUT2D eigenvalue weighted by Crippen LogP contribution is 2.22. The fraction of sp³-hybridized carbons (Fsp3) is 0.481. The summed E-state index contributed by atoms with van der Waals surface area (Å²) in [5.74, 6) is 0.463. The van der Waals surface area contributed by atoms with Crippen LogP contribution < -0.4 is 10.1 Å². The molecule has 0 unspecified atom stereocenters. The Morgan fingerprint density at radius 1 is 1.09 bits per heavy atom. The van der Waals surface area contributed by atoms with E-state index in [1.807, 2.05) is 64.1 Å². The highest BCUT2D eigenvalue weighted by atomic mass is 16.5. The zero-order valence-electron chi connectivity index (χ0n) is 19.8. The minimum absolute atomic E-state index is 0.0628. The molecule has 5 heteroatoms. The van der Waals surface area contributed by atoms with Crippen LogP contribution in [0.1, 0.15) is 61.3 Å². The van der Waals surface area contributed by atoms with Crippen LogP contribution in [-0.4, -0.2) is 35.4 Å². The van der Waals surface area contributed by atoms with Crippen LogP contribution in [0.5, 0.6) is 5.75 Å². The van der Waals surface area contributed by atoms with Crippen molar-refractivity contribution in [2.45, 2.75) is 78.4 Å². The Bertz CT molecular complexity index is 934. The first-order valence-electron chi connectivity index (χ1n) is 11.7. The Hall–Kier alpha value is -2.82. The molecule has 0 bridgehead atoms. The van der Waals surface area contributed by atoms with Crippen molar-refractivity contribution < 1.29 is 14.3 Å². The highest BCUT2D eigenvalue weighted by molar-refractivity contribution is 5.88. The second-order valence-corrected chi connectivity index (χ2v) is 8.91. The van der Waals surface area contributed by atoms with Gasteiger partial charge in [-0.3, -0.25) is 9.59 Å². The molecule has 0 aliphatic heterocycles. The maximum absolute atomic E-state index is 13.4. The van der Waals surface area contributed by atoms with Gasteiger partial charge >= 0.3 is 0 Å². The van der Waals surface area contributed by atoms with Crippen LogP contribution in [0.15, 0.2) is 42.5 Å². The molecule has 1 aliphatic rings. The van der Waals surface area contributed by atoms with E-state index in [-0.39, 0.29) is 24.5 Å². The van der Waals surface area contributed by atoms with E-state index in [9.17, 15) is 9.59 Å². The van der Waals surface area contributed by atoms with Crippen molar-refractivity contribution in [1.82, 2.24) is 10.2 Å². The predicted octanol–water partition coefficient (Wildman–Crippen LogP) is 4.86. The largest absolute Gasteiger partial charge is 0.483 e. The Morgan fingerprint density at radius 3 is 2.50 bits per heavy atom. The lowest BCUT2D eigenvalue weighted by molar-refractivity contribution is -0.143. The normalized spacial score (nSPS) is 14.8. The topological polar surface area (TPSA) is 58.6 Å². The van der Waals surface area contributed by atoms with Gasteiger partial charge in [0, 0.05) is 12.6 Å². The van der Waals surface area contributed by atoms with Crippen LogP contribution in [0.3, 0.4) is 0 Å². The summed E-state index contributed by atoms with van der Waals surface area (Å²) in [7, 11) is 0. The lowest BCUT2D eigenvalue weighted by Gasteiger charge is -2.31. The van der Waals surface area contributed by atoms with E-state index in [1.165, 1.54) is 0 Å². The number of carbonyl (C=O) groups excluding carboxylic acids is 2. The van der Waals surface area contributed by atoms with Gasteiger partial charge in [-0.25, -0.2) is 0 Å². The molecule has 1 saturated carbocycles. The number of aryl methyl sites for hydroxylation is 2. The molecular formula is C27H36N2O3. The van der Waals surface area contributed by atoms with E-state index < -0.39 is 6.04 Å². The van der Waals surface area contributed by atoms with E-state index in [4.69, 9.17) is 4.74 Å². The Labute approximate surface area is 192 Å². The van der Waals surface area contributed by atoms with Crippen molar-refractivity contribution in [2.24, 2.45) is 0 Å². The standard InChI is InChI=1S/C27H36N2O3/c1-5-24(27(31)28-23-13-6-7-14-23)29(17-22-12-8-10-19(2)16-22)26(30)18-32-25-15-9-11-20(3)21(25)4/h8-12,15-16,23-24H,5-7,13-14,17-18H2,1-4H3,(H,28,31)/t24-/m1/s1. The molecule has 0 saturated heterocycles. The van der Waals surface area contributed by atoms with Gasteiger partial charge < -0.3 is 15.0 Å². The van der Waals surface area contributed by atoms with E-state index in [2.05, 4.69) is 11.4 Å². The minimum Gasteiger partial charge on any atom is -0.483 e. The number of hydrogen-bond donors (Lipinski definition) is 1. The molecule has 2 amide bonds. The molecule has 32 heavy (non-hydrogen) atoms. The molecule has 2 aromatic rings. The van der Waals surface area contributed by atoms with Crippen molar-refractivity contribution in [3.05, 3.63) is 64.7 Å². The Morgan fingerprint density at radius 2 is 1.81 bits per heavy atom. The van der Waals surface area contributed by atoms with Crippen LogP contribution in [0.25, 0.3) is 0 Å². The molecule has 1 fully saturated rings. The fourth-order valence-corrected chi connectivity index (χ4v) is 4.40. The van der Waals surface area contributed by atoms with Gasteiger partial charge in [-0.15, -0.1) is 0 Å². The zero-order chi connectivity index (χ0) is 23.1. The molecular weight excluding hydrogens is 400 g/mol. The van der Waals surface area contributed by atoms with Gasteiger partial charge in [-0.1, -0.05) is 61.7 Å². The summed E-state index contributed by atoms with van der Waals surface area (Å²) in [6.07, 6.45) is 4.89. The van der Waals surface area contributed by atoms with Gasteiger partial charge in [0.25, 0.3) is 5.91 Å². The van der Waals surface area contributed by atoms with Gasteiger partial charge in [0.15, 0.2) is 6.61 Å². The first kappa shape index (κ1) is 23.8. The quantitative estimate of drug-likeness (QED) is 0.611. The average molecular weight is 437 g/mol. The van der Waals surface area contributed by atoms with E-state index in [0.717, 1.165) is 47.9 Å². The number of amides is 2. The Kier molecular flexibility index (Phi) is 8.32. The third-order valence-electron chi connectivity index (χ3n) is 6.43. The maximum Gasteiger partial charge on any atom is 0.261 e. The molecule has 1 N–H and O–H groups in total. The molecule has 172 valence electrons. The van der Waals surface area contributed by atoms with Gasteiger partial charge in [-0.05, 0) is 62.8 Å². The number of ether oxygens (including phenoxy) is 1. The summed E-state index contributed by atoms with van der Waals surface area (Å²) in [6.45, 7) is 8.29. The second kappa shape index (κ2) is 11.2. The van der Waals surface area contributed by atoms with Crippen LogP contribution in [0.2, 0.25) is 0 Å². The number of carbonyl (C=O) groups is 2. The SMILES string of the molecule is CC[C@H](C(=O)NC1CCCC1)N(Cc1cccc(C)c1)C(=O)COc1cccc(C)c1C. The number of nitrogens with zero attached hydrogens (tertiary/aromatic N) is 1. The van der Waals surface area contributed by atoms with Gasteiger partial charge in [0.1, 0.15) is 11.8 Å². The molecule has 0 heterocycles. The smallest absolute Gasteiger partial charge is 0.261 e. The van der Waals surface area contributed by atoms with E-state index >= 15 is 0 Å². The number of benzene rings is 2. The first-order chi connectivity index (χ1) is 15.4. The average Bonchev–Trinajstić information content (AvgIpc) is 3.27. The van der Waals surface area contributed by atoms with Crippen molar-refractivity contribution in [3.8, 4) is 5.75 Å². The Balaban J connectivity index is 1.78. The fourth-order valence-electron chi connectivity index (χ4n) is 4.40. The monoisotopic (exact) mass is 436 g/mol.